The molecule has 0 heterocycles. The highest BCUT2D eigenvalue weighted by atomic mass is 16.1. The van der Waals surface area contributed by atoms with E-state index in [1.165, 1.54) is 38.5 Å². The molecule has 1 fully saturated rings. The molecule has 0 amide bonds. The van der Waals surface area contributed by atoms with Crippen LogP contribution in [0.15, 0.2) is 12.2 Å². The number of hydrogen-bond donors (Lipinski definition) is 0. The Hall–Kier alpha value is -0.590. The van der Waals surface area contributed by atoms with Crippen molar-refractivity contribution in [2.75, 3.05) is 0 Å². The van der Waals surface area contributed by atoms with Crippen LogP contribution in [-0.2, 0) is 4.79 Å². The average Bonchev–Trinajstić information content (AvgIpc) is 2.31. The summed E-state index contributed by atoms with van der Waals surface area (Å²) < 4.78 is 0. The van der Waals surface area contributed by atoms with Gasteiger partial charge in [0.1, 0.15) is 5.78 Å². The van der Waals surface area contributed by atoms with E-state index >= 15 is 0 Å². The first-order chi connectivity index (χ1) is 6.68. The molecule has 0 saturated heterocycles. The molecule has 0 atom stereocenters. The van der Waals surface area contributed by atoms with Gasteiger partial charge < -0.3 is 0 Å². The second kappa shape index (κ2) is 6.00. The second-order valence-corrected chi connectivity index (χ2v) is 4.73. The minimum absolute atomic E-state index is 0.393. The van der Waals surface area contributed by atoms with Gasteiger partial charge in [-0.3, -0.25) is 4.79 Å². The van der Waals surface area contributed by atoms with Gasteiger partial charge in [-0.2, -0.15) is 0 Å². The molecule has 0 aromatic rings. The minimum atomic E-state index is 0.393. The topological polar surface area (TPSA) is 17.1 Å². The second-order valence-electron chi connectivity index (χ2n) is 4.73. The van der Waals surface area contributed by atoms with Crippen LogP contribution < -0.4 is 0 Å². The number of carbonyl (C=O) groups is 1. The first kappa shape index (κ1) is 11.5. The summed E-state index contributed by atoms with van der Waals surface area (Å²) in [5, 5.41) is 0. The minimum Gasteiger partial charge on any atom is -0.299 e. The van der Waals surface area contributed by atoms with Gasteiger partial charge in [0.25, 0.3) is 0 Å². The van der Waals surface area contributed by atoms with Gasteiger partial charge >= 0.3 is 0 Å². The van der Waals surface area contributed by atoms with Crippen molar-refractivity contribution < 1.29 is 4.79 Å². The zero-order valence-electron chi connectivity index (χ0n) is 9.35. The van der Waals surface area contributed by atoms with Crippen LogP contribution >= 0.6 is 0 Å². The highest BCUT2D eigenvalue weighted by Gasteiger charge is 2.15. The summed E-state index contributed by atoms with van der Waals surface area (Å²) in [5.41, 5.74) is 1.00. The molecule has 1 aliphatic rings. The van der Waals surface area contributed by atoms with Gasteiger partial charge in [0.05, 0.1) is 0 Å². The Morgan fingerprint density at radius 2 is 1.79 bits per heavy atom. The van der Waals surface area contributed by atoms with Crippen molar-refractivity contribution in [1.29, 1.82) is 0 Å². The van der Waals surface area contributed by atoms with E-state index in [-0.39, 0.29) is 0 Å². The maximum absolute atomic E-state index is 11.6. The van der Waals surface area contributed by atoms with Crippen molar-refractivity contribution in [3.8, 4) is 0 Å². The van der Waals surface area contributed by atoms with Crippen LogP contribution in [0.4, 0.5) is 0 Å². The lowest BCUT2D eigenvalue weighted by molar-refractivity contribution is -0.119. The summed E-state index contributed by atoms with van der Waals surface area (Å²) in [6.07, 6.45) is 9.31. The summed E-state index contributed by atoms with van der Waals surface area (Å²) in [4.78, 5) is 11.6. The molecule has 1 nitrogen and oxygen atoms in total. The highest BCUT2D eigenvalue weighted by Crippen LogP contribution is 2.26. The molecular weight excluding hydrogens is 172 g/mol. The third kappa shape index (κ3) is 4.59. The van der Waals surface area contributed by atoms with Gasteiger partial charge in [-0.25, -0.2) is 0 Å². The zero-order chi connectivity index (χ0) is 10.4. The number of carbonyl (C=O) groups excluding carboxylic acids is 1. The maximum Gasteiger partial charge on any atom is 0.137 e. The lowest BCUT2D eigenvalue weighted by atomic mass is 9.93. The lowest BCUT2D eigenvalue weighted by Crippen LogP contribution is -2.07. The van der Waals surface area contributed by atoms with E-state index < -0.39 is 0 Å². The Morgan fingerprint density at radius 1 is 1.21 bits per heavy atom. The van der Waals surface area contributed by atoms with Crippen molar-refractivity contribution in [2.24, 2.45) is 5.92 Å². The van der Waals surface area contributed by atoms with E-state index in [9.17, 15) is 4.79 Å². The summed E-state index contributed by atoms with van der Waals surface area (Å²) in [6, 6.07) is 0. The number of ketones is 1. The van der Waals surface area contributed by atoms with Crippen LogP contribution in [0.5, 0.6) is 0 Å². The van der Waals surface area contributed by atoms with E-state index in [4.69, 9.17) is 0 Å². The summed E-state index contributed by atoms with van der Waals surface area (Å²) in [5.74, 6) is 1.06. The largest absolute Gasteiger partial charge is 0.299 e. The van der Waals surface area contributed by atoms with Crippen molar-refractivity contribution in [3.05, 3.63) is 12.2 Å². The predicted molar refractivity (Wildman–Crippen MR) is 60.2 cm³/mol. The van der Waals surface area contributed by atoms with Crippen LogP contribution in [0.2, 0.25) is 0 Å². The third-order valence-electron chi connectivity index (χ3n) is 2.99. The number of rotatable bonds is 4. The molecule has 0 aromatic carbocycles. The van der Waals surface area contributed by atoms with E-state index in [0.29, 0.717) is 18.1 Å². The van der Waals surface area contributed by atoms with Crippen molar-refractivity contribution in [2.45, 2.75) is 58.3 Å². The Labute approximate surface area is 87.6 Å². The molecule has 1 saturated carbocycles. The normalized spacial score (nSPS) is 18.9. The fraction of sp³-hybridized carbons (Fsp3) is 0.769. The molecule has 0 unspecified atom stereocenters. The molecule has 1 aliphatic carbocycles. The average molecular weight is 194 g/mol. The van der Waals surface area contributed by atoms with Crippen LogP contribution in [0, 0.1) is 5.92 Å². The van der Waals surface area contributed by atoms with Crippen LogP contribution in [0.25, 0.3) is 0 Å². The number of Topliss-reactive ketones (excluding diaryl/α,β-unsaturated/α-hetero) is 1. The molecule has 0 bridgehead atoms. The van der Waals surface area contributed by atoms with Gasteiger partial charge in [0, 0.05) is 12.8 Å². The highest BCUT2D eigenvalue weighted by molar-refractivity contribution is 5.80. The molecule has 0 spiro atoms. The van der Waals surface area contributed by atoms with Gasteiger partial charge in [0.15, 0.2) is 0 Å². The third-order valence-corrected chi connectivity index (χ3v) is 2.99. The van der Waals surface area contributed by atoms with Crippen LogP contribution in [0.3, 0.4) is 0 Å². The monoisotopic (exact) mass is 194 g/mol. The molecule has 1 rings (SSSR count). The summed E-state index contributed by atoms with van der Waals surface area (Å²) >= 11 is 0. The molecule has 0 aromatic heterocycles. The zero-order valence-corrected chi connectivity index (χ0v) is 9.35. The van der Waals surface area contributed by atoms with Gasteiger partial charge in [-0.15, -0.1) is 0 Å². The first-order valence-corrected chi connectivity index (χ1v) is 5.84. The van der Waals surface area contributed by atoms with Crippen molar-refractivity contribution in [3.63, 3.8) is 0 Å². The van der Waals surface area contributed by atoms with Gasteiger partial charge in [0.2, 0.25) is 0 Å². The molecule has 0 radical (unpaired) electrons. The standard InChI is InChI=1S/C13H22O/c1-11(2)9-13(14)10-12-7-5-3-4-6-8-12/h12H,1,3-10H2,2H3. The quantitative estimate of drug-likeness (QED) is 0.490. The van der Waals surface area contributed by atoms with Gasteiger partial charge in [-0.05, 0) is 12.8 Å². The Morgan fingerprint density at radius 3 is 2.29 bits per heavy atom. The fourth-order valence-electron chi connectivity index (χ4n) is 2.30. The van der Waals surface area contributed by atoms with E-state index in [1.807, 2.05) is 6.92 Å². The number of allylic oxidation sites excluding steroid dienone is 1. The Balaban J connectivity index is 2.27. The maximum atomic E-state index is 11.6. The molecule has 0 aliphatic heterocycles. The first-order valence-electron chi connectivity index (χ1n) is 5.84. The van der Waals surface area contributed by atoms with Crippen molar-refractivity contribution in [1.82, 2.24) is 0 Å². The number of hydrogen-bond acceptors (Lipinski definition) is 1. The van der Waals surface area contributed by atoms with E-state index in [0.717, 1.165) is 12.0 Å². The molecular formula is C13H22O. The molecule has 14 heavy (non-hydrogen) atoms. The van der Waals surface area contributed by atoms with Gasteiger partial charge in [-0.1, -0.05) is 50.7 Å². The Bertz CT molecular complexity index is 197. The summed E-state index contributed by atoms with van der Waals surface area (Å²) in [7, 11) is 0. The summed E-state index contributed by atoms with van der Waals surface area (Å²) in [6.45, 7) is 5.72. The predicted octanol–water partition coefficient (Wildman–Crippen LogP) is 3.88. The molecule has 0 N–H and O–H groups in total. The van der Waals surface area contributed by atoms with E-state index in [1.54, 1.807) is 0 Å². The Kier molecular flexibility index (Phi) is 4.92. The molecule has 1 heteroatoms. The van der Waals surface area contributed by atoms with Crippen LogP contribution in [0.1, 0.15) is 58.3 Å². The smallest absolute Gasteiger partial charge is 0.137 e. The lowest BCUT2D eigenvalue weighted by Gasteiger charge is -2.12. The molecule has 80 valence electrons. The van der Waals surface area contributed by atoms with E-state index in [2.05, 4.69) is 6.58 Å². The fourth-order valence-corrected chi connectivity index (χ4v) is 2.30. The SMILES string of the molecule is C=C(C)CC(=O)CC1CCCCCC1. The van der Waals surface area contributed by atoms with Crippen LogP contribution in [-0.4, -0.2) is 5.78 Å². The van der Waals surface area contributed by atoms with Crippen molar-refractivity contribution >= 4 is 5.78 Å².